The molecular formula is C30H46N6O6S3. The molecule has 0 unspecified atom stereocenters. The number of fused-ring (bicyclic) bond motifs is 1. The Morgan fingerprint density at radius 3 is 2.07 bits per heavy atom. The van der Waals surface area contributed by atoms with Crippen LogP contribution >= 0.6 is 36.2 Å². The van der Waals surface area contributed by atoms with E-state index in [4.69, 9.17) is 5.73 Å². The summed E-state index contributed by atoms with van der Waals surface area (Å²) in [5.41, 5.74) is 8.08. The molecule has 0 aliphatic heterocycles. The fourth-order valence-electron chi connectivity index (χ4n) is 4.59. The maximum atomic E-state index is 13.5. The standard InChI is InChI=1S/C30H46N6O6S3/c1-5-17(2)25(29(40)35-24(16-43)28(39)34-23(30(41)42)11-13-45-4)36-27(38)22(10-12-44-3)33-26(37)20(31)14-18-15-32-21-9-7-6-8-19(18)21/h6-9,15,17,20,22-25,32,43H,5,10-14,16,31H2,1-4H3,(H,33,37)(H,34,39)(H,35,40)(H,36,38)(H,41,42)/t17-,20-,22-,23-,24-,25-/m0/s1. The van der Waals surface area contributed by atoms with Crippen LogP contribution < -0.4 is 27.0 Å². The van der Waals surface area contributed by atoms with Crippen molar-refractivity contribution in [1.29, 1.82) is 0 Å². The van der Waals surface area contributed by atoms with Crippen LogP contribution in [0.4, 0.5) is 0 Å². The molecule has 15 heteroatoms. The number of para-hydroxylation sites is 1. The van der Waals surface area contributed by atoms with Crippen LogP contribution in [0.3, 0.4) is 0 Å². The molecule has 1 aromatic carbocycles. The minimum atomic E-state index is -1.18. The van der Waals surface area contributed by atoms with E-state index in [-0.39, 0.29) is 24.5 Å². The van der Waals surface area contributed by atoms with Gasteiger partial charge < -0.3 is 37.1 Å². The van der Waals surface area contributed by atoms with Gasteiger partial charge >= 0.3 is 5.97 Å². The zero-order valence-corrected chi connectivity index (χ0v) is 28.7. The number of rotatable bonds is 20. The van der Waals surface area contributed by atoms with Crippen LogP contribution in [0, 0.1) is 5.92 Å². The lowest BCUT2D eigenvalue weighted by Crippen LogP contribution is -2.60. The number of carbonyl (C=O) groups is 5. The fraction of sp³-hybridized carbons (Fsp3) is 0.567. The van der Waals surface area contributed by atoms with Crippen molar-refractivity contribution in [2.75, 3.05) is 29.8 Å². The largest absolute Gasteiger partial charge is 0.480 e. The zero-order valence-electron chi connectivity index (χ0n) is 26.1. The fourth-order valence-corrected chi connectivity index (χ4v) is 5.79. The SMILES string of the molecule is CC[C@H](C)[C@H](NC(=O)[C@H](CCSC)NC(=O)[C@@H](N)Cc1c[nH]c2ccccc12)C(=O)N[C@@H](CS)C(=O)N[C@@H](CCSC)C(=O)O. The summed E-state index contributed by atoms with van der Waals surface area (Å²) in [6, 6.07) is 2.55. The first-order valence-electron chi connectivity index (χ1n) is 14.8. The molecular weight excluding hydrogens is 637 g/mol. The number of carboxylic acid groups (broad SMARTS) is 1. The molecule has 8 N–H and O–H groups in total. The van der Waals surface area contributed by atoms with Gasteiger partial charge in [0, 0.05) is 22.9 Å². The Bertz CT molecular complexity index is 1290. The van der Waals surface area contributed by atoms with E-state index in [0.717, 1.165) is 16.5 Å². The number of hydrogen-bond acceptors (Lipinski definition) is 9. The predicted molar refractivity (Wildman–Crippen MR) is 185 cm³/mol. The van der Waals surface area contributed by atoms with Crippen LogP contribution in [0.1, 0.15) is 38.7 Å². The molecule has 12 nitrogen and oxygen atoms in total. The van der Waals surface area contributed by atoms with E-state index in [1.165, 1.54) is 23.5 Å². The van der Waals surface area contributed by atoms with Gasteiger partial charge in [-0.25, -0.2) is 4.79 Å². The summed E-state index contributed by atoms with van der Waals surface area (Å²) in [6.07, 6.45) is 6.85. The van der Waals surface area contributed by atoms with E-state index < -0.39 is 59.8 Å². The van der Waals surface area contributed by atoms with Crippen molar-refractivity contribution in [2.24, 2.45) is 11.7 Å². The van der Waals surface area contributed by atoms with Crippen LogP contribution in [-0.4, -0.2) is 99.7 Å². The first kappa shape index (κ1) is 38.3. The smallest absolute Gasteiger partial charge is 0.326 e. The summed E-state index contributed by atoms with van der Waals surface area (Å²) in [5, 5.41) is 21.1. The van der Waals surface area contributed by atoms with E-state index in [9.17, 15) is 29.1 Å². The number of nitrogens with two attached hydrogens (primary N) is 1. The highest BCUT2D eigenvalue weighted by atomic mass is 32.2. The second kappa shape index (κ2) is 19.6. The Balaban J connectivity index is 2.13. The average molecular weight is 683 g/mol. The van der Waals surface area contributed by atoms with Gasteiger partial charge in [-0.05, 0) is 60.8 Å². The van der Waals surface area contributed by atoms with Gasteiger partial charge in [0.2, 0.25) is 23.6 Å². The molecule has 0 spiro atoms. The number of aromatic amines is 1. The second-order valence-corrected chi connectivity index (χ2v) is 13.1. The third kappa shape index (κ3) is 11.8. The van der Waals surface area contributed by atoms with Gasteiger partial charge in [-0.3, -0.25) is 19.2 Å². The van der Waals surface area contributed by atoms with Crippen LogP contribution in [0.5, 0.6) is 0 Å². The number of nitrogens with one attached hydrogen (secondary N) is 5. The van der Waals surface area contributed by atoms with E-state index in [2.05, 4.69) is 38.9 Å². The van der Waals surface area contributed by atoms with Gasteiger partial charge in [-0.15, -0.1) is 0 Å². The molecule has 250 valence electrons. The molecule has 45 heavy (non-hydrogen) atoms. The van der Waals surface area contributed by atoms with Crippen molar-refractivity contribution >= 4 is 76.7 Å². The highest BCUT2D eigenvalue weighted by Crippen LogP contribution is 2.19. The first-order valence-corrected chi connectivity index (χ1v) is 18.2. The van der Waals surface area contributed by atoms with Crippen molar-refractivity contribution in [2.45, 2.75) is 69.7 Å². The quantitative estimate of drug-likeness (QED) is 0.0956. The number of aliphatic carboxylic acids is 1. The van der Waals surface area contributed by atoms with Gasteiger partial charge in [-0.1, -0.05) is 38.5 Å². The Kier molecular flexibility index (Phi) is 16.7. The normalized spacial score (nSPS) is 15.2. The summed E-state index contributed by atoms with van der Waals surface area (Å²) >= 11 is 7.15. The molecule has 0 fully saturated rings. The van der Waals surface area contributed by atoms with Crippen molar-refractivity contribution in [3.05, 3.63) is 36.0 Å². The summed E-state index contributed by atoms with van der Waals surface area (Å²) in [4.78, 5) is 67.7. The predicted octanol–water partition coefficient (Wildman–Crippen LogP) is 1.54. The molecule has 0 saturated heterocycles. The van der Waals surface area contributed by atoms with Crippen molar-refractivity contribution in [3.63, 3.8) is 0 Å². The van der Waals surface area contributed by atoms with Crippen molar-refractivity contribution < 1.29 is 29.1 Å². The molecule has 1 aromatic heterocycles. The zero-order chi connectivity index (χ0) is 33.5. The molecule has 2 aromatic rings. The lowest BCUT2D eigenvalue weighted by molar-refractivity contribution is -0.142. The molecule has 0 aliphatic carbocycles. The van der Waals surface area contributed by atoms with Gasteiger partial charge in [0.25, 0.3) is 0 Å². The summed E-state index contributed by atoms with van der Waals surface area (Å²) in [7, 11) is 0. The number of thioether (sulfide) groups is 2. The number of carbonyl (C=O) groups excluding carboxylic acids is 4. The Morgan fingerprint density at radius 2 is 1.47 bits per heavy atom. The molecule has 1 heterocycles. The number of amides is 4. The molecule has 4 amide bonds. The maximum absolute atomic E-state index is 13.5. The molecule has 0 radical (unpaired) electrons. The van der Waals surface area contributed by atoms with Crippen molar-refractivity contribution in [3.8, 4) is 0 Å². The van der Waals surface area contributed by atoms with Crippen LogP contribution in [0.25, 0.3) is 10.9 Å². The first-order chi connectivity index (χ1) is 21.5. The van der Waals surface area contributed by atoms with E-state index >= 15 is 0 Å². The number of thiol groups is 1. The monoisotopic (exact) mass is 682 g/mol. The maximum Gasteiger partial charge on any atom is 0.326 e. The van der Waals surface area contributed by atoms with Gasteiger partial charge in [0.05, 0.1) is 6.04 Å². The number of aromatic nitrogens is 1. The highest BCUT2D eigenvalue weighted by Gasteiger charge is 2.33. The molecule has 0 aliphatic rings. The Hall–Kier alpha value is -2.88. The van der Waals surface area contributed by atoms with Crippen LogP contribution in [-0.2, 0) is 30.4 Å². The molecule has 0 saturated carbocycles. The number of hydrogen-bond donors (Lipinski definition) is 8. The Labute approximate surface area is 278 Å². The number of carboxylic acids is 1. The van der Waals surface area contributed by atoms with Gasteiger partial charge in [0.15, 0.2) is 0 Å². The topological polar surface area (TPSA) is 196 Å². The van der Waals surface area contributed by atoms with E-state index in [1.807, 2.05) is 49.9 Å². The van der Waals surface area contributed by atoms with E-state index in [1.54, 1.807) is 6.92 Å². The molecule has 2 rings (SSSR count). The minimum absolute atomic E-state index is 0.0890. The third-order valence-electron chi connectivity index (χ3n) is 7.53. The Morgan fingerprint density at radius 1 is 0.889 bits per heavy atom. The highest BCUT2D eigenvalue weighted by molar-refractivity contribution is 7.98. The number of benzene rings is 1. The lowest BCUT2D eigenvalue weighted by atomic mass is 9.97. The van der Waals surface area contributed by atoms with Crippen LogP contribution in [0.15, 0.2) is 30.5 Å². The van der Waals surface area contributed by atoms with Crippen molar-refractivity contribution in [1.82, 2.24) is 26.3 Å². The molecule has 6 atom stereocenters. The molecule has 0 bridgehead atoms. The minimum Gasteiger partial charge on any atom is -0.480 e. The van der Waals surface area contributed by atoms with E-state index in [0.29, 0.717) is 24.3 Å². The average Bonchev–Trinajstić information content (AvgIpc) is 3.43. The lowest BCUT2D eigenvalue weighted by Gasteiger charge is -2.28. The summed E-state index contributed by atoms with van der Waals surface area (Å²) in [5.74, 6) is -2.84. The van der Waals surface area contributed by atoms with Gasteiger partial charge in [0.1, 0.15) is 24.2 Å². The second-order valence-electron chi connectivity index (χ2n) is 10.8. The van der Waals surface area contributed by atoms with Crippen LogP contribution in [0.2, 0.25) is 0 Å². The summed E-state index contributed by atoms with van der Waals surface area (Å²) < 4.78 is 0. The third-order valence-corrected chi connectivity index (χ3v) is 9.18. The summed E-state index contributed by atoms with van der Waals surface area (Å²) in [6.45, 7) is 3.65. The van der Waals surface area contributed by atoms with Gasteiger partial charge in [-0.2, -0.15) is 36.2 Å². The number of H-pyrrole nitrogens is 1.